The molecule has 1 amide bonds. The molecular weight excluding hydrogens is 234 g/mol. The van der Waals surface area contributed by atoms with E-state index >= 15 is 0 Å². The van der Waals surface area contributed by atoms with Gasteiger partial charge in [-0.15, -0.1) is 0 Å². The van der Waals surface area contributed by atoms with Gasteiger partial charge < -0.3 is 10.5 Å². The molecule has 3 N–H and O–H groups in total. The number of carbonyl (C=O) groups excluding carboxylic acids is 1. The SMILES string of the molecule is CC(C)OC(=O)NS(=O)(=O)N1CC[C@H](N)C1. The average molecular weight is 251 g/mol. The van der Waals surface area contributed by atoms with Crippen LogP contribution in [-0.4, -0.2) is 44.1 Å². The van der Waals surface area contributed by atoms with Gasteiger partial charge in [0.1, 0.15) is 0 Å². The summed E-state index contributed by atoms with van der Waals surface area (Å²) in [7, 11) is -3.81. The molecular formula is C8H17N3O4S. The lowest BCUT2D eigenvalue weighted by molar-refractivity contribution is 0.121. The van der Waals surface area contributed by atoms with Crippen LogP contribution in [0.1, 0.15) is 20.3 Å². The van der Waals surface area contributed by atoms with Crippen LogP contribution in [0.25, 0.3) is 0 Å². The highest BCUT2D eigenvalue weighted by molar-refractivity contribution is 7.87. The van der Waals surface area contributed by atoms with Crippen molar-refractivity contribution in [1.29, 1.82) is 0 Å². The maximum atomic E-state index is 11.6. The maximum Gasteiger partial charge on any atom is 0.422 e. The maximum absolute atomic E-state index is 11.6. The molecule has 0 spiro atoms. The van der Waals surface area contributed by atoms with Crippen LogP contribution in [0.3, 0.4) is 0 Å². The molecule has 1 saturated heterocycles. The van der Waals surface area contributed by atoms with E-state index in [1.807, 2.05) is 4.72 Å². The summed E-state index contributed by atoms with van der Waals surface area (Å²) in [6, 6.07) is -0.169. The zero-order chi connectivity index (χ0) is 12.3. The van der Waals surface area contributed by atoms with Crippen molar-refractivity contribution >= 4 is 16.3 Å². The summed E-state index contributed by atoms with van der Waals surface area (Å²) in [5.41, 5.74) is 5.58. The number of rotatable bonds is 3. The molecule has 0 saturated carbocycles. The Balaban J connectivity index is 2.55. The molecule has 0 radical (unpaired) electrons. The minimum absolute atomic E-state index is 0.169. The monoisotopic (exact) mass is 251 g/mol. The third kappa shape index (κ3) is 3.62. The lowest BCUT2D eigenvalue weighted by Crippen LogP contribution is -2.43. The van der Waals surface area contributed by atoms with Crippen molar-refractivity contribution in [3.8, 4) is 0 Å². The number of nitrogens with two attached hydrogens (primary N) is 1. The van der Waals surface area contributed by atoms with Crippen LogP contribution < -0.4 is 10.5 Å². The molecule has 1 rings (SSSR count). The Morgan fingerprint density at radius 2 is 2.19 bits per heavy atom. The third-order valence-corrected chi connectivity index (χ3v) is 3.52. The molecule has 0 aliphatic carbocycles. The van der Waals surface area contributed by atoms with E-state index < -0.39 is 16.3 Å². The second-order valence-electron chi connectivity index (χ2n) is 3.97. The Bertz CT molecular complexity index is 354. The Morgan fingerprint density at radius 3 is 2.62 bits per heavy atom. The summed E-state index contributed by atoms with van der Waals surface area (Å²) >= 11 is 0. The molecule has 0 aromatic rings. The zero-order valence-electron chi connectivity index (χ0n) is 9.34. The van der Waals surface area contributed by atoms with E-state index in [-0.39, 0.29) is 18.7 Å². The fourth-order valence-corrected chi connectivity index (χ4v) is 2.50. The summed E-state index contributed by atoms with van der Waals surface area (Å²) in [5, 5.41) is 0. The molecule has 0 aromatic carbocycles. The minimum atomic E-state index is -3.81. The van der Waals surface area contributed by atoms with E-state index in [1.165, 1.54) is 0 Å². The topological polar surface area (TPSA) is 102 Å². The average Bonchev–Trinajstić information content (AvgIpc) is 2.49. The standard InChI is InChI=1S/C8H17N3O4S/c1-6(2)15-8(12)10-16(13,14)11-4-3-7(9)5-11/h6-7H,3-5,9H2,1-2H3,(H,10,12)/t7-/m0/s1. The van der Waals surface area contributed by atoms with Crippen LogP contribution in [0.2, 0.25) is 0 Å². The Kier molecular flexibility index (Phi) is 4.11. The van der Waals surface area contributed by atoms with Gasteiger partial charge in [-0.05, 0) is 20.3 Å². The van der Waals surface area contributed by atoms with E-state index in [2.05, 4.69) is 4.74 Å². The molecule has 1 aliphatic rings. The van der Waals surface area contributed by atoms with Crippen molar-refractivity contribution in [1.82, 2.24) is 9.03 Å². The van der Waals surface area contributed by atoms with Gasteiger partial charge >= 0.3 is 16.3 Å². The van der Waals surface area contributed by atoms with E-state index in [0.717, 1.165) is 4.31 Å². The molecule has 0 aromatic heterocycles. The smallest absolute Gasteiger partial charge is 0.422 e. The molecule has 1 heterocycles. The first-order valence-electron chi connectivity index (χ1n) is 5.05. The van der Waals surface area contributed by atoms with Crippen molar-refractivity contribution in [3.63, 3.8) is 0 Å². The molecule has 0 unspecified atom stereocenters. The highest BCUT2D eigenvalue weighted by Crippen LogP contribution is 2.10. The summed E-state index contributed by atoms with van der Waals surface area (Å²) < 4.78 is 30.9. The van der Waals surface area contributed by atoms with E-state index in [4.69, 9.17) is 5.73 Å². The first kappa shape index (κ1) is 13.2. The van der Waals surface area contributed by atoms with Gasteiger partial charge in [-0.3, -0.25) is 0 Å². The number of carbonyl (C=O) groups is 1. The molecule has 8 heteroatoms. The first-order chi connectivity index (χ1) is 7.31. The van der Waals surface area contributed by atoms with E-state index in [0.29, 0.717) is 13.0 Å². The van der Waals surface area contributed by atoms with Crippen LogP contribution in [0, 0.1) is 0 Å². The van der Waals surface area contributed by atoms with Gasteiger partial charge in [-0.1, -0.05) is 0 Å². The van der Waals surface area contributed by atoms with Crippen molar-refractivity contribution in [2.75, 3.05) is 13.1 Å². The zero-order valence-corrected chi connectivity index (χ0v) is 10.2. The van der Waals surface area contributed by atoms with Crippen molar-refractivity contribution in [2.24, 2.45) is 5.73 Å². The van der Waals surface area contributed by atoms with Gasteiger partial charge in [-0.2, -0.15) is 12.7 Å². The van der Waals surface area contributed by atoms with Crippen LogP contribution in [0.15, 0.2) is 0 Å². The minimum Gasteiger partial charge on any atom is -0.446 e. The van der Waals surface area contributed by atoms with Crippen LogP contribution in [-0.2, 0) is 14.9 Å². The summed E-state index contributed by atoms with van der Waals surface area (Å²) in [6.07, 6.45) is -0.730. The van der Waals surface area contributed by atoms with Gasteiger partial charge in [0.15, 0.2) is 0 Å². The second kappa shape index (κ2) is 4.98. The van der Waals surface area contributed by atoms with E-state index in [9.17, 15) is 13.2 Å². The number of amides is 1. The molecule has 94 valence electrons. The highest BCUT2D eigenvalue weighted by Gasteiger charge is 2.31. The fourth-order valence-electron chi connectivity index (χ4n) is 1.38. The second-order valence-corrected chi connectivity index (χ2v) is 5.64. The number of nitrogens with one attached hydrogen (secondary N) is 1. The quantitative estimate of drug-likeness (QED) is 0.697. The van der Waals surface area contributed by atoms with Gasteiger partial charge in [0.25, 0.3) is 0 Å². The number of nitrogens with zero attached hydrogens (tertiary/aromatic N) is 1. The highest BCUT2D eigenvalue weighted by atomic mass is 32.2. The van der Waals surface area contributed by atoms with Crippen molar-refractivity contribution in [2.45, 2.75) is 32.4 Å². The molecule has 1 fully saturated rings. The van der Waals surface area contributed by atoms with Crippen molar-refractivity contribution < 1.29 is 17.9 Å². The number of hydrogen-bond donors (Lipinski definition) is 2. The Labute approximate surface area is 95.1 Å². The lowest BCUT2D eigenvalue weighted by atomic mass is 10.3. The summed E-state index contributed by atoms with van der Waals surface area (Å²) in [6.45, 7) is 3.83. The van der Waals surface area contributed by atoms with Crippen LogP contribution >= 0.6 is 0 Å². The summed E-state index contributed by atoms with van der Waals surface area (Å²) in [5.74, 6) is 0. The number of hydrogen-bond acceptors (Lipinski definition) is 5. The largest absolute Gasteiger partial charge is 0.446 e. The first-order valence-corrected chi connectivity index (χ1v) is 6.49. The van der Waals surface area contributed by atoms with Gasteiger partial charge in [-0.25, -0.2) is 9.52 Å². The predicted octanol–water partition coefficient (Wildman–Crippen LogP) is -0.601. The third-order valence-electron chi connectivity index (χ3n) is 2.08. The molecule has 0 bridgehead atoms. The Hall–Kier alpha value is -0.860. The normalized spacial score (nSPS) is 22.4. The molecule has 7 nitrogen and oxygen atoms in total. The molecule has 1 aliphatic heterocycles. The molecule has 1 atom stereocenters. The number of ether oxygens (including phenoxy) is 1. The Morgan fingerprint density at radius 1 is 1.56 bits per heavy atom. The van der Waals surface area contributed by atoms with Crippen LogP contribution in [0.4, 0.5) is 4.79 Å². The fraction of sp³-hybridized carbons (Fsp3) is 0.875. The van der Waals surface area contributed by atoms with Gasteiger partial charge in [0.05, 0.1) is 6.10 Å². The van der Waals surface area contributed by atoms with Gasteiger partial charge in [0.2, 0.25) is 0 Å². The van der Waals surface area contributed by atoms with Gasteiger partial charge in [0, 0.05) is 19.1 Å². The van der Waals surface area contributed by atoms with Crippen LogP contribution in [0.5, 0.6) is 0 Å². The van der Waals surface area contributed by atoms with Crippen molar-refractivity contribution in [3.05, 3.63) is 0 Å². The summed E-state index contributed by atoms with van der Waals surface area (Å²) in [4.78, 5) is 11.1. The lowest BCUT2D eigenvalue weighted by Gasteiger charge is -2.16. The van der Waals surface area contributed by atoms with E-state index in [1.54, 1.807) is 13.8 Å². The predicted molar refractivity (Wildman–Crippen MR) is 57.8 cm³/mol. The molecule has 16 heavy (non-hydrogen) atoms.